The van der Waals surface area contributed by atoms with Crippen LogP contribution in [-0.4, -0.2) is 102 Å². The van der Waals surface area contributed by atoms with Crippen LogP contribution in [0.5, 0.6) is 0 Å². The lowest BCUT2D eigenvalue weighted by Gasteiger charge is -2.19. The van der Waals surface area contributed by atoms with Crippen LogP contribution in [0.4, 0.5) is 0 Å². The molecule has 0 fully saturated rings. The molecular formula is C11H31N4O4+. The van der Waals surface area contributed by atoms with E-state index in [1.165, 1.54) is 19.5 Å². The van der Waals surface area contributed by atoms with Crippen LogP contribution in [0.2, 0.25) is 0 Å². The van der Waals surface area contributed by atoms with Gasteiger partial charge >= 0.3 is 0 Å². The fourth-order valence-electron chi connectivity index (χ4n) is 1.11. The van der Waals surface area contributed by atoms with Crippen LogP contribution in [0.25, 0.3) is 0 Å². The van der Waals surface area contributed by atoms with E-state index in [0.29, 0.717) is 0 Å². The lowest BCUT2D eigenvalue weighted by Crippen LogP contribution is -2.45. The van der Waals surface area contributed by atoms with E-state index in [-0.39, 0.29) is 24.9 Å². The highest BCUT2D eigenvalue weighted by molar-refractivity contribution is 4.47. The van der Waals surface area contributed by atoms with Gasteiger partial charge in [-0.05, 0) is 59.4 Å². The first-order chi connectivity index (χ1) is 8.60. The molecule has 4 N–H and O–H groups in total. The first-order valence-corrected chi connectivity index (χ1v) is 6.38. The van der Waals surface area contributed by atoms with Crippen LogP contribution >= 0.6 is 0 Å². The molecule has 0 amide bonds. The van der Waals surface area contributed by atoms with Crippen LogP contribution in [0, 0.1) is 0 Å². The van der Waals surface area contributed by atoms with E-state index in [4.69, 9.17) is 20.8 Å². The second-order valence-electron chi connectivity index (χ2n) is 4.97. The van der Waals surface area contributed by atoms with Gasteiger partial charge < -0.3 is 9.80 Å². The van der Waals surface area contributed by atoms with Gasteiger partial charge in [0.15, 0.2) is 6.54 Å². The average Bonchev–Trinajstić information content (AvgIpc) is 2.26. The standard InChI is InChI=1S/C7H18N2.C4H13N2O4/c1-8(2)6-5-7-9(3)4;1-2-6(9,10)4-3-5(7)8/h5-7H2,1-4H3;7-10H,2-4H2,1H3/q;+1. The highest BCUT2D eigenvalue weighted by Gasteiger charge is 2.19. The summed E-state index contributed by atoms with van der Waals surface area (Å²) >= 11 is 0. The lowest BCUT2D eigenvalue weighted by molar-refractivity contribution is -1.24. The Bertz CT molecular complexity index is 193. The predicted molar refractivity (Wildman–Crippen MR) is 71.2 cm³/mol. The van der Waals surface area contributed by atoms with Crippen molar-refractivity contribution in [3.63, 3.8) is 0 Å². The van der Waals surface area contributed by atoms with Gasteiger partial charge in [0.05, 0.1) is 0 Å². The fourth-order valence-corrected chi connectivity index (χ4v) is 1.11. The molecule has 0 atom stereocenters. The molecule has 0 aromatic heterocycles. The van der Waals surface area contributed by atoms with E-state index in [2.05, 4.69) is 38.0 Å². The molecule has 8 nitrogen and oxygen atoms in total. The van der Waals surface area contributed by atoms with Crippen LogP contribution in [-0.2, 0) is 0 Å². The van der Waals surface area contributed by atoms with E-state index in [1.807, 2.05) is 0 Å². The largest absolute Gasteiger partial charge is 0.309 e. The normalized spacial score (nSPS) is 12.0. The summed E-state index contributed by atoms with van der Waals surface area (Å²) in [6, 6.07) is 0. The highest BCUT2D eigenvalue weighted by Crippen LogP contribution is 1.93. The zero-order valence-corrected chi connectivity index (χ0v) is 12.8. The Morgan fingerprint density at radius 1 is 0.842 bits per heavy atom. The van der Waals surface area contributed by atoms with Gasteiger partial charge in [0.25, 0.3) is 0 Å². The Hall–Kier alpha value is -0.320. The smallest absolute Gasteiger partial charge is 0.159 e. The molecule has 19 heavy (non-hydrogen) atoms. The van der Waals surface area contributed by atoms with Gasteiger partial charge in [0, 0.05) is 0 Å². The summed E-state index contributed by atoms with van der Waals surface area (Å²) in [6.07, 6.45) is 1.26. The summed E-state index contributed by atoms with van der Waals surface area (Å²) in [7, 11) is 8.43. The number of rotatable bonds is 8. The molecule has 0 saturated carbocycles. The van der Waals surface area contributed by atoms with Gasteiger partial charge in [0.2, 0.25) is 0 Å². The number of quaternary nitrogens is 1. The van der Waals surface area contributed by atoms with Crippen molar-refractivity contribution >= 4 is 0 Å². The summed E-state index contributed by atoms with van der Waals surface area (Å²) in [5, 5.41) is 33.9. The fraction of sp³-hybridized carbons (Fsp3) is 1.00. The van der Waals surface area contributed by atoms with Crippen molar-refractivity contribution in [2.75, 3.05) is 60.9 Å². The van der Waals surface area contributed by atoms with Crippen molar-refractivity contribution < 1.29 is 25.6 Å². The van der Waals surface area contributed by atoms with Crippen molar-refractivity contribution in [3.05, 3.63) is 0 Å². The molecule has 0 heterocycles. The molecule has 0 rings (SSSR count). The Labute approximate surface area is 116 Å². The van der Waals surface area contributed by atoms with Crippen LogP contribution in [0.1, 0.15) is 13.3 Å². The minimum atomic E-state index is -1.20. The molecule has 0 spiro atoms. The number of likely N-dealkylation sites (N-methyl/N-ethyl adjacent to an activating group) is 1. The molecule has 0 aromatic rings. The zero-order valence-electron chi connectivity index (χ0n) is 12.8. The van der Waals surface area contributed by atoms with E-state index >= 15 is 0 Å². The van der Waals surface area contributed by atoms with E-state index in [9.17, 15) is 0 Å². The zero-order chi connectivity index (χ0) is 15.5. The summed E-state index contributed by atoms with van der Waals surface area (Å²) in [5.74, 6) is 0. The van der Waals surface area contributed by atoms with E-state index in [1.54, 1.807) is 6.92 Å². The molecule has 0 aliphatic carbocycles. The van der Waals surface area contributed by atoms with Gasteiger partial charge in [-0.15, -0.1) is 0 Å². The maximum absolute atomic E-state index is 8.82. The molecular weight excluding hydrogens is 252 g/mol. The maximum Gasteiger partial charge on any atom is 0.159 e. The first-order valence-electron chi connectivity index (χ1n) is 6.38. The van der Waals surface area contributed by atoms with Crippen molar-refractivity contribution in [1.29, 1.82) is 0 Å². The van der Waals surface area contributed by atoms with E-state index < -0.39 is 4.81 Å². The van der Waals surface area contributed by atoms with Crippen LogP contribution < -0.4 is 0 Å². The van der Waals surface area contributed by atoms with Gasteiger partial charge in [-0.3, -0.25) is 10.4 Å². The van der Waals surface area contributed by atoms with Gasteiger partial charge in [-0.1, -0.05) is 5.23 Å². The van der Waals surface area contributed by atoms with Crippen molar-refractivity contribution in [1.82, 2.24) is 15.0 Å². The minimum Gasteiger partial charge on any atom is -0.309 e. The molecule has 0 saturated heterocycles. The Kier molecular flexibility index (Phi) is 12.7. The summed E-state index contributed by atoms with van der Waals surface area (Å²) in [6.45, 7) is 3.70. The maximum atomic E-state index is 8.82. The number of nitrogens with zero attached hydrogens (tertiary/aromatic N) is 4. The number of hydroxylamine groups is 6. The molecule has 0 radical (unpaired) electrons. The monoisotopic (exact) mass is 283 g/mol. The second kappa shape index (κ2) is 11.5. The summed E-state index contributed by atoms with van der Waals surface area (Å²) in [4.78, 5) is 3.23. The Balaban J connectivity index is 0. The van der Waals surface area contributed by atoms with Crippen molar-refractivity contribution in [2.24, 2.45) is 0 Å². The predicted octanol–water partition coefficient (Wildman–Crippen LogP) is 0.182. The first kappa shape index (κ1) is 21.0. The third-order valence-corrected chi connectivity index (χ3v) is 2.38. The highest BCUT2D eigenvalue weighted by atomic mass is 16.8. The van der Waals surface area contributed by atoms with E-state index in [0.717, 1.165) is 0 Å². The minimum absolute atomic E-state index is 0.0882. The topological polar surface area (TPSA) is 90.6 Å². The Morgan fingerprint density at radius 3 is 1.53 bits per heavy atom. The molecule has 0 aliphatic heterocycles. The third-order valence-electron chi connectivity index (χ3n) is 2.38. The van der Waals surface area contributed by atoms with Crippen LogP contribution in [0.15, 0.2) is 0 Å². The Morgan fingerprint density at radius 2 is 1.26 bits per heavy atom. The number of hydrogen-bond acceptors (Lipinski definition) is 7. The molecule has 0 aromatic carbocycles. The summed E-state index contributed by atoms with van der Waals surface area (Å²) < 4.78 is 0. The van der Waals surface area contributed by atoms with Gasteiger partial charge in [-0.2, -0.15) is 10.4 Å². The van der Waals surface area contributed by atoms with Gasteiger partial charge in [0.1, 0.15) is 13.1 Å². The quantitative estimate of drug-likeness (QED) is 0.373. The second-order valence-corrected chi connectivity index (χ2v) is 4.97. The third kappa shape index (κ3) is 20.2. The molecule has 8 heteroatoms. The van der Waals surface area contributed by atoms with Crippen LogP contribution in [0.3, 0.4) is 0 Å². The van der Waals surface area contributed by atoms with Crippen molar-refractivity contribution in [2.45, 2.75) is 13.3 Å². The SMILES string of the molecule is CC[N+](O)(O)CCN(O)O.CN(C)CCCN(C)C. The lowest BCUT2D eigenvalue weighted by atomic mass is 10.4. The summed E-state index contributed by atoms with van der Waals surface area (Å²) in [5.41, 5.74) is 0. The average molecular weight is 283 g/mol. The van der Waals surface area contributed by atoms with Gasteiger partial charge in [-0.25, -0.2) is 0 Å². The molecule has 0 aliphatic rings. The molecule has 0 unspecified atom stereocenters. The number of hydrogen-bond donors (Lipinski definition) is 4. The molecule has 0 bridgehead atoms. The molecule has 118 valence electrons. The van der Waals surface area contributed by atoms with Crippen molar-refractivity contribution in [3.8, 4) is 0 Å².